The Kier molecular flexibility index (Phi) is 35.6. The van der Waals surface area contributed by atoms with E-state index < -0.39 is 46.3 Å². The van der Waals surface area contributed by atoms with Crippen molar-refractivity contribution in [2.24, 2.45) is 0 Å². The zero-order chi connectivity index (χ0) is 13.4. The third-order valence-electron chi connectivity index (χ3n) is 0. The second-order valence-corrected chi connectivity index (χ2v) is 1.53. The van der Waals surface area contributed by atoms with E-state index in [4.69, 9.17) is 49.5 Å². The number of carbonyl (C=O) groups is 3. The topological polar surface area (TPSA) is 224 Å². The standard InChI is InChI=1S/3CH2O3.2O.U/c3*2-1(3)4;;;/h3*(H2,2,3,4);;;/q;;;;;+2/p-6. The van der Waals surface area contributed by atoms with Crippen molar-refractivity contribution >= 4 is 18.5 Å². The van der Waals surface area contributed by atoms with Gasteiger partial charge in [-0.15, -0.1) is 0 Å². The SMILES string of the molecule is O=C([O-])[O-].O=C([O-])[O-].O=C([O-])[O-].[O]=[U+2]=[O]. The minimum absolute atomic E-state index is 2.33. The van der Waals surface area contributed by atoms with Gasteiger partial charge in [-0.3, -0.25) is 0 Å². The predicted octanol–water partition coefficient (Wildman–Crippen LogP) is -7.58. The number of rotatable bonds is 0. The normalized spacial score (nSPS) is 5.33. The van der Waals surface area contributed by atoms with E-state index in [1.165, 1.54) is 0 Å². The van der Waals surface area contributed by atoms with Crippen LogP contribution in [0.5, 0.6) is 0 Å². The summed E-state index contributed by atoms with van der Waals surface area (Å²) in [5.41, 5.74) is 0. The molecule has 0 aromatic heterocycles. The Morgan fingerprint density at radius 3 is 0.600 bits per heavy atom. The Morgan fingerprint density at radius 1 is 0.600 bits per heavy atom. The monoisotopic (exact) mass is 450 g/mol. The number of hydrogen-bond acceptors (Lipinski definition) is 11. The van der Waals surface area contributed by atoms with Gasteiger partial charge in [-0.2, -0.15) is 0 Å². The third kappa shape index (κ3) is 577. The van der Waals surface area contributed by atoms with E-state index in [0.717, 1.165) is 0 Å². The molecule has 86 valence electrons. The maximum atomic E-state index is 8.58. The van der Waals surface area contributed by atoms with E-state index in [9.17, 15) is 0 Å². The van der Waals surface area contributed by atoms with Crippen molar-refractivity contribution in [3.05, 3.63) is 0 Å². The molecule has 12 heteroatoms. The molecule has 0 heterocycles. The van der Waals surface area contributed by atoms with Gasteiger partial charge in [-0.05, 0) is 18.5 Å². The van der Waals surface area contributed by atoms with Crippen LogP contribution in [-0.2, 0) is 4.47 Å². The van der Waals surface area contributed by atoms with Crippen LogP contribution < -0.4 is 30.6 Å². The molecule has 0 rings (SSSR count). The van der Waals surface area contributed by atoms with Gasteiger partial charge in [0, 0.05) is 0 Å². The molecule has 0 fully saturated rings. The van der Waals surface area contributed by atoms with Crippen LogP contribution in [0.4, 0.5) is 14.4 Å². The second-order valence-electron chi connectivity index (χ2n) is 0.833. The van der Waals surface area contributed by atoms with Gasteiger partial charge in [0.1, 0.15) is 0 Å². The van der Waals surface area contributed by atoms with Crippen molar-refractivity contribution in [2.45, 2.75) is 0 Å². The summed E-state index contributed by atoms with van der Waals surface area (Å²) in [7, 11) is 0. The van der Waals surface area contributed by atoms with Crippen molar-refractivity contribution in [2.75, 3.05) is 0 Å². The molecule has 0 atom stereocenters. The Morgan fingerprint density at radius 2 is 0.600 bits per heavy atom. The number of carboxylic acid groups (broad SMARTS) is 6. The van der Waals surface area contributed by atoms with E-state index in [0.29, 0.717) is 0 Å². The van der Waals surface area contributed by atoms with Gasteiger partial charge >= 0.3 is 32.3 Å². The molecule has 0 aromatic rings. The van der Waals surface area contributed by atoms with Gasteiger partial charge in [-0.1, -0.05) is 0 Å². The molecule has 15 heavy (non-hydrogen) atoms. The molecule has 0 saturated heterocycles. The van der Waals surface area contributed by atoms with Crippen molar-refractivity contribution in [3.8, 4) is 0 Å². The first-order valence-electron chi connectivity index (χ1n) is 2.25. The first-order chi connectivity index (χ1) is 6.61. The summed E-state index contributed by atoms with van der Waals surface area (Å²) < 4.78 is 17.2. The molecular formula is C3O11U-4. The van der Waals surface area contributed by atoms with Gasteiger partial charge in [0.2, 0.25) is 0 Å². The van der Waals surface area contributed by atoms with Gasteiger partial charge in [0.25, 0.3) is 0 Å². The van der Waals surface area contributed by atoms with Crippen LogP contribution in [-0.4, -0.2) is 18.5 Å². The quantitative estimate of drug-likeness (QED) is 0.337. The minimum atomic E-state index is -2.51. The van der Waals surface area contributed by atoms with Crippen LogP contribution in [0.15, 0.2) is 0 Å². The van der Waals surface area contributed by atoms with Crippen LogP contribution in [0, 0.1) is 27.8 Å². The molecule has 0 aliphatic carbocycles. The summed E-state index contributed by atoms with van der Waals surface area (Å²) in [6, 6.07) is 0. The average Bonchev–Trinajstić information content (AvgIpc) is 1.81. The van der Waals surface area contributed by atoms with Gasteiger partial charge in [0.05, 0.1) is 0 Å². The van der Waals surface area contributed by atoms with Crippen molar-refractivity contribution in [1.29, 1.82) is 0 Å². The molecular weight excluding hydrogens is 450 g/mol. The van der Waals surface area contributed by atoms with E-state index >= 15 is 0 Å². The first kappa shape index (κ1) is 23.4. The van der Waals surface area contributed by atoms with Crippen LogP contribution in [0.1, 0.15) is 0 Å². The predicted molar refractivity (Wildman–Crippen MR) is 17.6 cm³/mol. The van der Waals surface area contributed by atoms with Crippen LogP contribution in [0.3, 0.4) is 0 Å². The second kappa shape index (κ2) is 22.9. The summed E-state index contributed by atoms with van der Waals surface area (Å²) in [5, 5.41) is 50.0. The molecule has 0 saturated carbocycles. The van der Waals surface area contributed by atoms with E-state index in [2.05, 4.69) is 0 Å². The van der Waals surface area contributed by atoms with Crippen LogP contribution >= 0.6 is 0 Å². The summed E-state index contributed by atoms with van der Waals surface area (Å²) in [6.07, 6.45) is -7.00. The Bertz CT molecular complexity index is 173. The molecule has 0 amide bonds. The molecule has 0 spiro atoms. The fraction of sp³-hybridized carbons (Fsp3) is 0. The van der Waals surface area contributed by atoms with Crippen molar-refractivity contribution in [3.63, 3.8) is 0 Å². The summed E-state index contributed by atoms with van der Waals surface area (Å²) in [4.78, 5) is 25.0. The van der Waals surface area contributed by atoms with E-state index in [1.54, 1.807) is 0 Å². The molecule has 0 unspecified atom stereocenters. The summed E-state index contributed by atoms with van der Waals surface area (Å²) in [5.74, 6) is 0. The molecule has 0 aliphatic rings. The Balaban J connectivity index is -0.0000000542. The average molecular weight is 450 g/mol. The van der Waals surface area contributed by atoms with Crippen LogP contribution in [0.25, 0.3) is 0 Å². The summed E-state index contributed by atoms with van der Waals surface area (Å²) >= 11 is -2.51. The first-order valence-corrected chi connectivity index (χ1v) is 5.65. The molecule has 0 aliphatic heterocycles. The van der Waals surface area contributed by atoms with Gasteiger partial charge < -0.3 is 45.0 Å². The van der Waals surface area contributed by atoms with E-state index in [1.807, 2.05) is 0 Å². The van der Waals surface area contributed by atoms with Gasteiger partial charge in [-0.25, -0.2) is 0 Å². The Hall–Kier alpha value is -1.54. The molecule has 11 nitrogen and oxygen atoms in total. The molecule has 0 aromatic carbocycles. The molecule has 0 bridgehead atoms. The zero-order valence-electron chi connectivity index (χ0n) is 6.49. The molecule has 0 radical (unpaired) electrons. The zero-order valence-corrected chi connectivity index (χ0v) is 10.7. The fourth-order valence-corrected chi connectivity index (χ4v) is 0. The summed E-state index contributed by atoms with van der Waals surface area (Å²) in [6.45, 7) is 0. The Labute approximate surface area is 95.8 Å². The van der Waals surface area contributed by atoms with Gasteiger partial charge in [0.15, 0.2) is 0 Å². The van der Waals surface area contributed by atoms with Crippen LogP contribution in [0.2, 0.25) is 0 Å². The molecule has 0 N–H and O–H groups in total. The fourth-order valence-electron chi connectivity index (χ4n) is 0. The van der Waals surface area contributed by atoms with Crippen molar-refractivity contribution in [1.82, 2.24) is 0 Å². The maximum absolute atomic E-state index is 8.58. The third-order valence-corrected chi connectivity index (χ3v) is 0. The number of hydrogen-bond donors (Lipinski definition) is 0. The number of carbonyl (C=O) groups excluding carboxylic acids is 3. The van der Waals surface area contributed by atoms with E-state index in [-0.39, 0.29) is 0 Å². The van der Waals surface area contributed by atoms with Crippen molar-refractivity contribution < 1.29 is 77.3 Å².